The average Bonchev–Trinajstić information content (AvgIpc) is 2.83. The Morgan fingerprint density at radius 3 is 2.53 bits per heavy atom. The van der Waals surface area contributed by atoms with Crippen LogP contribution in [0.3, 0.4) is 0 Å². The molecule has 0 nitrogen and oxygen atoms in total. The molecule has 2 aliphatic carbocycles. The third kappa shape index (κ3) is 2.27. The van der Waals surface area contributed by atoms with Crippen LogP contribution >= 0.6 is 0 Å². The van der Waals surface area contributed by atoms with Gasteiger partial charge < -0.3 is 0 Å². The van der Waals surface area contributed by atoms with Crippen LogP contribution in [0.25, 0.3) is 5.83 Å². The van der Waals surface area contributed by atoms with Crippen molar-refractivity contribution in [3.63, 3.8) is 0 Å². The summed E-state index contributed by atoms with van der Waals surface area (Å²) in [7, 11) is 0. The van der Waals surface area contributed by atoms with Crippen molar-refractivity contribution in [1.29, 1.82) is 0 Å². The van der Waals surface area contributed by atoms with E-state index in [9.17, 15) is 4.39 Å². The lowest BCUT2D eigenvalue weighted by atomic mass is 9.74. The SMILES string of the molecule is Cc1ccc(/C(F)=C2\CCCC23C=CCCC3)cc1. The number of hydrogen-bond acceptors (Lipinski definition) is 0. The molecular weight excluding hydrogens is 235 g/mol. The van der Waals surface area contributed by atoms with Gasteiger partial charge in [0.1, 0.15) is 5.83 Å². The van der Waals surface area contributed by atoms with E-state index in [-0.39, 0.29) is 11.2 Å². The lowest BCUT2D eigenvalue weighted by molar-refractivity contribution is 0.400. The van der Waals surface area contributed by atoms with Gasteiger partial charge in [0, 0.05) is 11.0 Å². The van der Waals surface area contributed by atoms with E-state index in [0.717, 1.165) is 43.2 Å². The van der Waals surface area contributed by atoms with Gasteiger partial charge in [0.2, 0.25) is 0 Å². The lowest BCUT2D eigenvalue weighted by Gasteiger charge is -2.31. The van der Waals surface area contributed by atoms with E-state index in [0.29, 0.717) is 0 Å². The molecule has 0 aliphatic heterocycles. The van der Waals surface area contributed by atoms with Gasteiger partial charge in [0.05, 0.1) is 0 Å². The maximum Gasteiger partial charge on any atom is 0.130 e. The summed E-state index contributed by atoms with van der Waals surface area (Å²) in [6.45, 7) is 2.04. The van der Waals surface area contributed by atoms with E-state index in [4.69, 9.17) is 0 Å². The molecule has 1 spiro atoms. The van der Waals surface area contributed by atoms with Crippen LogP contribution in [-0.4, -0.2) is 0 Å². The molecule has 1 saturated carbocycles. The highest BCUT2D eigenvalue weighted by atomic mass is 19.1. The third-order valence-electron chi connectivity index (χ3n) is 4.65. The minimum absolute atomic E-state index is 0.0315. The monoisotopic (exact) mass is 256 g/mol. The number of benzene rings is 1. The van der Waals surface area contributed by atoms with E-state index in [1.54, 1.807) is 0 Å². The predicted molar refractivity (Wildman–Crippen MR) is 78.5 cm³/mol. The van der Waals surface area contributed by atoms with Crippen LogP contribution in [0.4, 0.5) is 4.39 Å². The molecule has 0 radical (unpaired) electrons. The summed E-state index contributed by atoms with van der Waals surface area (Å²) in [6.07, 6.45) is 11.2. The van der Waals surface area contributed by atoms with Crippen LogP contribution in [-0.2, 0) is 0 Å². The van der Waals surface area contributed by atoms with E-state index in [1.807, 2.05) is 31.2 Å². The zero-order chi connectivity index (χ0) is 13.3. The largest absolute Gasteiger partial charge is 0.206 e. The van der Waals surface area contributed by atoms with Crippen molar-refractivity contribution in [2.24, 2.45) is 5.41 Å². The Hall–Kier alpha value is -1.37. The first kappa shape index (κ1) is 12.7. The second-order valence-electron chi connectivity index (χ2n) is 5.96. The Morgan fingerprint density at radius 2 is 1.84 bits per heavy atom. The summed E-state index contributed by atoms with van der Waals surface area (Å²) < 4.78 is 14.8. The summed E-state index contributed by atoms with van der Waals surface area (Å²) in [5.41, 5.74) is 3.01. The van der Waals surface area contributed by atoms with Gasteiger partial charge in [-0.1, -0.05) is 42.0 Å². The molecule has 0 heterocycles. The van der Waals surface area contributed by atoms with E-state index in [2.05, 4.69) is 12.2 Å². The molecule has 100 valence electrons. The molecule has 3 rings (SSSR count). The van der Waals surface area contributed by atoms with Crippen molar-refractivity contribution in [1.82, 2.24) is 0 Å². The molecule has 0 amide bonds. The van der Waals surface area contributed by atoms with Crippen molar-refractivity contribution in [2.45, 2.75) is 45.4 Å². The molecule has 0 bridgehead atoms. The van der Waals surface area contributed by atoms with Gasteiger partial charge in [0.25, 0.3) is 0 Å². The molecule has 2 aliphatic rings. The van der Waals surface area contributed by atoms with Crippen LogP contribution < -0.4 is 0 Å². The van der Waals surface area contributed by atoms with Crippen LogP contribution in [0.5, 0.6) is 0 Å². The predicted octanol–water partition coefficient (Wildman–Crippen LogP) is 5.59. The maximum atomic E-state index is 14.8. The number of halogens is 1. The van der Waals surface area contributed by atoms with Crippen LogP contribution in [0.15, 0.2) is 42.0 Å². The summed E-state index contributed by atoms with van der Waals surface area (Å²) in [5.74, 6) is 0.0315. The Labute approximate surface area is 115 Å². The first-order valence-electron chi connectivity index (χ1n) is 7.35. The molecule has 1 atom stereocenters. The molecular formula is C18H21F. The Kier molecular flexibility index (Phi) is 3.30. The van der Waals surface area contributed by atoms with Gasteiger partial charge in [-0.3, -0.25) is 0 Å². The molecule has 0 aromatic heterocycles. The van der Waals surface area contributed by atoms with Gasteiger partial charge in [-0.05, 0) is 51.0 Å². The topological polar surface area (TPSA) is 0 Å². The van der Waals surface area contributed by atoms with Gasteiger partial charge >= 0.3 is 0 Å². The maximum absolute atomic E-state index is 14.8. The molecule has 1 heteroatoms. The Balaban J connectivity index is 2.02. The number of rotatable bonds is 1. The summed E-state index contributed by atoms with van der Waals surface area (Å²) in [4.78, 5) is 0. The fourth-order valence-corrected chi connectivity index (χ4v) is 3.57. The normalized spacial score (nSPS) is 28.9. The highest BCUT2D eigenvalue weighted by molar-refractivity contribution is 5.65. The van der Waals surface area contributed by atoms with Gasteiger partial charge in [0.15, 0.2) is 0 Å². The number of allylic oxidation sites excluding steroid dienone is 3. The smallest absolute Gasteiger partial charge is 0.130 e. The molecule has 1 unspecified atom stereocenters. The fourth-order valence-electron chi connectivity index (χ4n) is 3.57. The first-order valence-corrected chi connectivity index (χ1v) is 7.35. The highest BCUT2D eigenvalue weighted by Gasteiger charge is 2.39. The van der Waals surface area contributed by atoms with Crippen LogP contribution in [0.2, 0.25) is 0 Å². The lowest BCUT2D eigenvalue weighted by Crippen LogP contribution is -2.18. The molecule has 0 N–H and O–H groups in total. The quantitative estimate of drug-likeness (QED) is 0.575. The van der Waals surface area contributed by atoms with Crippen molar-refractivity contribution >= 4 is 5.83 Å². The summed E-state index contributed by atoms with van der Waals surface area (Å²) >= 11 is 0. The Morgan fingerprint density at radius 1 is 1.11 bits per heavy atom. The molecule has 19 heavy (non-hydrogen) atoms. The Bertz CT molecular complexity index is 521. The number of hydrogen-bond donors (Lipinski definition) is 0. The fraction of sp³-hybridized carbons (Fsp3) is 0.444. The second-order valence-corrected chi connectivity index (χ2v) is 5.96. The van der Waals surface area contributed by atoms with Crippen molar-refractivity contribution in [3.05, 3.63) is 53.1 Å². The highest BCUT2D eigenvalue weighted by Crippen LogP contribution is 2.52. The minimum Gasteiger partial charge on any atom is -0.206 e. The van der Waals surface area contributed by atoms with Crippen molar-refractivity contribution in [3.8, 4) is 0 Å². The van der Waals surface area contributed by atoms with E-state index >= 15 is 0 Å². The first-order chi connectivity index (χ1) is 9.21. The second kappa shape index (κ2) is 4.96. The standard InChI is InChI=1S/C18H21F/c1-14-7-9-15(10-8-14)17(19)16-6-5-13-18(16)11-3-2-4-12-18/h3,7-11H,2,4-6,12-13H2,1H3/b17-16-. The van der Waals surface area contributed by atoms with Crippen LogP contribution in [0, 0.1) is 12.3 Å². The van der Waals surface area contributed by atoms with E-state index in [1.165, 1.54) is 12.0 Å². The van der Waals surface area contributed by atoms with E-state index < -0.39 is 0 Å². The van der Waals surface area contributed by atoms with Gasteiger partial charge in [-0.15, -0.1) is 0 Å². The zero-order valence-corrected chi connectivity index (χ0v) is 11.6. The average molecular weight is 256 g/mol. The molecule has 1 aromatic carbocycles. The summed E-state index contributed by atoms with van der Waals surface area (Å²) in [5, 5.41) is 0. The molecule has 1 fully saturated rings. The summed E-state index contributed by atoms with van der Waals surface area (Å²) in [6, 6.07) is 7.81. The number of aryl methyl sites for hydroxylation is 1. The zero-order valence-electron chi connectivity index (χ0n) is 11.6. The minimum atomic E-state index is 0.0315. The molecule has 1 aromatic rings. The van der Waals surface area contributed by atoms with Crippen molar-refractivity contribution in [2.75, 3.05) is 0 Å². The third-order valence-corrected chi connectivity index (χ3v) is 4.65. The van der Waals surface area contributed by atoms with Crippen molar-refractivity contribution < 1.29 is 4.39 Å². The van der Waals surface area contributed by atoms with Crippen LogP contribution in [0.1, 0.15) is 49.7 Å². The molecule has 0 saturated heterocycles. The van der Waals surface area contributed by atoms with Gasteiger partial charge in [-0.25, -0.2) is 4.39 Å². The van der Waals surface area contributed by atoms with Gasteiger partial charge in [-0.2, -0.15) is 0 Å².